The highest BCUT2D eigenvalue weighted by Crippen LogP contribution is 2.49. The standard InChI is InChI=1S/C19H27N5O3/c1-19(2,3)27-18(25)24-7-5-15(24)12-26-16-8-14(10-21-11-16)17-9-13(17)4-6-22-23-20/h8,10-11,13,15,17H,4-7,9,12H2,1-3H3/t13-,15-,17-/m0/s1. The van der Waals surface area contributed by atoms with Gasteiger partial charge in [-0.3, -0.25) is 4.98 Å². The van der Waals surface area contributed by atoms with Crippen molar-refractivity contribution in [1.82, 2.24) is 9.88 Å². The predicted molar refractivity (Wildman–Crippen MR) is 101 cm³/mol. The van der Waals surface area contributed by atoms with Crippen LogP contribution >= 0.6 is 0 Å². The van der Waals surface area contributed by atoms with E-state index in [1.807, 2.05) is 33.0 Å². The molecule has 3 atom stereocenters. The summed E-state index contributed by atoms with van der Waals surface area (Å²) >= 11 is 0. The predicted octanol–water partition coefficient (Wildman–Crippen LogP) is 4.27. The van der Waals surface area contributed by atoms with Gasteiger partial charge in [-0.25, -0.2) is 4.79 Å². The van der Waals surface area contributed by atoms with Crippen LogP contribution in [0.3, 0.4) is 0 Å². The fourth-order valence-electron chi connectivity index (χ4n) is 3.33. The molecule has 1 saturated heterocycles. The zero-order valence-corrected chi connectivity index (χ0v) is 16.2. The van der Waals surface area contributed by atoms with Crippen LogP contribution in [0.15, 0.2) is 23.6 Å². The quantitative estimate of drug-likeness (QED) is 0.404. The Morgan fingerprint density at radius 2 is 2.26 bits per heavy atom. The van der Waals surface area contributed by atoms with Crippen LogP contribution in [0.2, 0.25) is 0 Å². The van der Waals surface area contributed by atoms with Gasteiger partial charge in [0.2, 0.25) is 0 Å². The molecule has 0 radical (unpaired) electrons. The molecule has 0 spiro atoms. The SMILES string of the molecule is CC(C)(C)OC(=O)N1CC[C@H]1COc1cncc([C@H]2C[C@@H]2CCN=[N+]=[N-])c1. The monoisotopic (exact) mass is 373 g/mol. The number of azide groups is 1. The van der Waals surface area contributed by atoms with Crippen LogP contribution in [-0.4, -0.2) is 47.3 Å². The summed E-state index contributed by atoms with van der Waals surface area (Å²) in [5.74, 6) is 1.75. The second-order valence-electron chi connectivity index (χ2n) is 8.23. The van der Waals surface area contributed by atoms with Crippen LogP contribution in [-0.2, 0) is 4.74 Å². The average Bonchev–Trinajstić information content (AvgIpc) is 3.32. The highest BCUT2D eigenvalue weighted by Gasteiger charge is 2.38. The van der Waals surface area contributed by atoms with Crippen molar-refractivity contribution in [2.75, 3.05) is 19.7 Å². The number of rotatable bonds is 7. The van der Waals surface area contributed by atoms with Crippen molar-refractivity contribution in [1.29, 1.82) is 0 Å². The van der Waals surface area contributed by atoms with E-state index in [1.165, 1.54) is 0 Å². The minimum atomic E-state index is -0.490. The lowest BCUT2D eigenvalue weighted by molar-refractivity contribution is -0.0141. The van der Waals surface area contributed by atoms with Gasteiger partial charge in [0.05, 0.1) is 12.2 Å². The molecule has 1 saturated carbocycles. The number of hydrogen-bond acceptors (Lipinski definition) is 5. The molecule has 3 rings (SSSR count). The maximum Gasteiger partial charge on any atom is 0.410 e. The second-order valence-corrected chi connectivity index (χ2v) is 8.23. The number of likely N-dealkylation sites (tertiary alicyclic amines) is 1. The van der Waals surface area contributed by atoms with Gasteiger partial charge in [0, 0.05) is 24.2 Å². The summed E-state index contributed by atoms with van der Waals surface area (Å²) in [5.41, 5.74) is 9.03. The fraction of sp³-hybridized carbons (Fsp3) is 0.684. The molecule has 0 aromatic carbocycles. The van der Waals surface area contributed by atoms with Crippen LogP contribution in [0, 0.1) is 5.92 Å². The smallest absolute Gasteiger partial charge is 0.410 e. The van der Waals surface area contributed by atoms with Crippen LogP contribution in [0.4, 0.5) is 4.79 Å². The third kappa shape index (κ3) is 5.26. The molecule has 146 valence electrons. The topological polar surface area (TPSA) is 100 Å². The normalized spacial score (nSPS) is 23.8. The van der Waals surface area contributed by atoms with Gasteiger partial charge in [-0.05, 0) is 69.0 Å². The van der Waals surface area contributed by atoms with E-state index in [4.69, 9.17) is 15.0 Å². The van der Waals surface area contributed by atoms with Crippen molar-refractivity contribution in [3.8, 4) is 5.75 Å². The Morgan fingerprint density at radius 1 is 1.44 bits per heavy atom. The summed E-state index contributed by atoms with van der Waals surface area (Å²) in [4.78, 5) is 21.0. The van der Waals surface area contributed by atoms with E-state index in [9.17, 15) is 4.79 Å². The van der Waals surface area contributed by atoms with Gasteiger partial charge in [-0.2, -0.15) is 0 Å². The van der Waals surface area contributed by atoms with Crippen molar-refractivity contribution in [2.45, 2.75) is 57.6 Å². The fourth-order valence-corrected chi connectivity index (χ4v) is 3.33. The summed E-state index contributed by atoms with van der Waals surface area (Å²) in [6, 6.07) is 2.07. The van der Waals surface area contributed by atoms with E-state index >= 15 is 0 Å². The number of nitrogens with zero attached hydrogens (tertiary/aromatic N) is 5. The molecule has 0 unspecified atom stereocenters. The molecule has 0 bridgehead atoms. The van der Waals surface area contributed by atoms with E-state index in [-0.39, 0.29) is 12.1 Å². The van der Waals surface area contributed by atoms with E-state index < -0.39 is 5.60 Å². The highest BCUT2D eigenvalue weighted by molar-refractivity contribution is 5.69. The molecule has 2 heterocycles. The van der Waals surface area contributed by atoms with Crippen molar-refractivity contribution in [3.63, 3.8) is 0 Å². The van der Waals surface area contributed by atoms with Crippen molar-refractivity contribution in [3.05, 3.63) is 34.5 Å². The molecule has 1 aliphatic carbocycles. The Balaban J connectivity index is 1.48. The summed E-state index contributed by atoms with van der Waals surface area (Å²) in [5, 5.41) is 3.60. The third-order valence-corrected chi connectivity index (χ3v) is 4.96. The lowest BCUT2D eigenvalue weighted by atomic mass is 10.1. The average molecular weight is 373 g/mol. The number of aromatic nitrogens is 1. The molecule has 2 fully saturated rings. The van der Waals surface area contributed by atoms with Crippen LogP contribution in [0.25, 0.3) is 10.4 Å². The lowest BCUT2D eigenvalue weighted by Gasteiger charge is -2.40. The molecular formula is C19H27N5O3. The molecule has 1 aromatic rings. The minimum absolute atomic E-state index is 0.0426. The zero-order valence-electron chi connectivity index (χ0n) is 16.2. The van der Waals surface area contributed by atoms with E-state index in [1.54, 1.807) is 11.1 Å². The van der Waals surface area contributed by atoms with E-state index in [0.29, 0.717) is 31.5 Å². The summed E-state index contributed by atoms with van der Waals surface area (Å²) in [7, 11) is 0. The molecule has 1 amide bonds. The molecule has 1 aliphatic heterocycles. The summed E-state index contributed by atoms with van der Waals surface area (Å²) in [6.45, 7) is 7.29. The second kappa shape index (κ2) is 8.05. The van der Waals surface area contributed by atoms with Crippen molar-refractivity contribution >= 4 is 6.09 Å². The minimum Gasteiger partial charge on any atom is -0.490 e. The molecule has 0 N–H and O–H groups in total. The number of pyridine rings is 1. The Hall–Kier alpha value is -2.47. The Morgan fingerprint density at radius 3 is 2.93 bits per heavy atom. The molecule has 1 aromatic heterocycles. The third-order valence-electron chi connectivity index (χ3n) is 4.96. The first kappa shape index (κ1) is 19.3. The van der Waals surface area contributed by atoms with Gasteiger partial charge in [-0.15, -0.1) is 0 Å². The maximum absolute atomic E-state index is 12.2. The summed E-state index contributed by atoms with van der Waals surface area (Å²) < 4.78 is 11.3. The molecule has 2 aliphatic rings. The summed E-state index contributed by atoms with van der Waals surface area (Å²) in [6.07, 6.45) is 6.22. The molecule has 27 heavy (non-hydrogen) atoms. The van der Waals surface area contributed by atoms with E-state index in [2.05, 4.69) is 15.0 Å². The highest BCUT2D eigenvalue weighted by atomic mass is 16.6. The van der Waals surface area contributed by atoms with Gasteiger partial charge in [0.15, 0.2) is 0 Å². The van der Waals surface area contributed by atoms with Gasteiger partial charge in [0.25, 0.3) is 0 Å². The van der Waals surface area contributed by atoms with E-state index in [0.717, 1.165) is 30.6 Å². The maximum atomic E-state index is 12.2. The van der Waals surface area contributed by atoms with Crippen LogP contribution in [0.5, 0.6) is 5.75 Å². The first-order valence-electron chi connectivity index (χ1n) is 9.45. The molecule has 8 heteroatoms. The number of ether oxygens (including phenoxy) is 2. The molecule has 8 nitrogen and oxygen atoms in total. The van der Waals surface area contributed by atoms with Crippen molar-refractivity contribution in [2.24, 2.45) is 11.0 Å². The Labute approximate surface area is 159 Å². The van der Waals surface area contributed by atoms with Crippen molar-refractivity contribution < 1.29 is 14.3 Å². The van der Waals surface area contributed by atoms with Gasteiger partial charge in [0.1, 0.15) is 18.0 Å². The first-order chi connectivity index (χ1) is 12.9. The molecular weight excluding hydrogens is 346 g/mol. The Bertz CT molecular complexity index is 726. The van der Waals surface area contributed by atoms with Gasteiger partial charge in [-0.1, -0.05) is 5.11 Å². The van der Waals surface area contributed by atoms with Crippen LogP contribution < -0.4 is 4.74 Å². The Kier molecular flexibility index (Phi) is 5.75. The lowest BCUT2D eigenvalue weighted by Crippen LogP contribution is -2.55. The number of hydrogen-bond donors (Lipinski definition) is 0. The largest absolute Gasteiger partial charge is 0.490 e. The number of amides is 1. The zero-order chi connectivity index (χ0) is 19.4. The van der Waals surface area contributed by atoms with Crippen LogP contribution in [0.1, 0.15) is 51.5 Å². The van der Waals surface area contributed by atoms with Gasteiger partial charge >= 0.3 is 6.09 Å². The first-order valence-corrected chi connectivity index (χ1v) is 9.45. The number of carbonyl (C=O) groups excluding carboxylic acids is 1. The van der Waals surface area contributed by atoms with Gasteiger partial charge < -0.3 is 14.4 Å². The number of carbonyl (C=O) groups is 1.